The molecule has 2 aromatic rings. The van der Waals surface area contributed by atoms with E-state index in [0.29, 0.717) is 25.3 Å². The zero-order valence-corrected chi connectivity index (χ0v) is 12.9. The summed E-state index contributed by atoms with van der Waals surface area (Å²) in [4.78, 5) is 25.0. The molecule has 2 N–H and O–H groups in total. The number of halogens is 1. The summed E-state index contributed by atoms with van der Waals surface area (Å²) in [5.74, 6) is -0.785. The number of ether oxygens (including phenoxy) is 1. The van der Waals surface area contributed by atoms with Crippen molar-refractivity contribution in [3.63, 3.8) is 0 Å². The number of para-hydroxylation sites is 1. The second-order valence-electron chi connectivity index (χ2n) is 5.62. The third-order valence-electron chi connectivity index (χ3n) is 3.96. The minimum atomic E-state index is -0.463. The molecule has 0 radical (unpaired) electrons. The highest BCUT2D eigenvalue weighted by atomic mass is 19.1. The summed E-state index contributed by atoms with van der Waals surface area (Å²) in [6, 6.07) is 9.20. The van der Waals surface area contributed by atoms with E-state index in [1.54, 1.807) is 24.3 Å². The predicted molar refractivity (Wildman–Crippen MR) is 82.6 cm³/mol. The van der Waals surface area contributed by atoms with E-state index in [0.717, 1.165) is 0 Å². The van der Waals surface area contributed by atoms with Gasteiger partial charge in [-0.3, -0.25) is 9.59 Å². The maximum Gasteiger partial charge on any atom is 0.289 e. The third-order valence-corrected chi connectivity index (χ3v) is 3.96. The number of carbonyl (C=O) groups is 2. The van der Waals surface area contributed by atoms with E-state index in [4.69, 9.17) is 14.9 Å². The van der Waals surface area contributed by atoms with Gasteiger partial charge in [-0.2, -0.15) is 0 Å². The van der Waals surface area contributed by atoms with Gasteiger partial charge in [-0.05, 0) is 30.7 Å². The van der Waals surface area contributed by atoms with E-state index >= 15 is 0 Å². The number of nitrogens with two attached hydrogens (primary N) is 1. The standard InChI is InChI=1S/C17H17FN2O4/c18-13-3-1-2-4-14(13)23-10-12-5-6-15(24-12)17(22)20-8-7-11(9-20)16(19)21/h1-6,11H,7-10H2,(H2,19,21). The molecule has 2 heterocycles. The van der Waals surface area contributed by atoms with Crippen LogP contribution in [0.4, 0.5) is 4.39 Å². The van der Waals surface area contributed by atoms with Gasteiger partial charge in [0.25, 0.3) is 5.91 Å². The van der Waals surface area contributed by atoms with Crippen molar-refractivity contribution in [1.29, 1.82) is 0 Å². The van der Waals surface area contributed by atoms with Gasteiger partial charge in [0.1, 0.15) is 12.4 Å². The molecule has 2 amide bonds. The number of amides is 2. The monoisotopic (exact) mass is 332 g/mol. The van der Waals surface area contributed by atoms with Gasteiger partial charge in [-0.15, -0.1) is 0 Å². The van der Waals surface area contributed by atoms with E-state index in [1.165, 1.54) is 17.0 Å². The SMILES string of the molecule is NC(=O)C1CCN(C(=O)c2ccc(COc3ccccc3F)o2)C1. The Morgan fingerprint density at radius 2 is 2.08 bits per heavy atom. The maximum atomic E-state index is 13.5. The van der Waals surface area contributed by atoms with Gasteiger partial charge >= 0.3 is 0 Å². The Kier molecular flexibility index (Phi) is 4.50. The molecule has 1 aromatic carbocycles. The normalized spacial score (nSPS) is 17.0. The Morgan fingerprint density at radius 3 is 2.79 bits per heavy atom. The molecule has 126 valence electrons. The summed E-state index contributed by atoms with van der Waals surface area (Å²) >= 11 is 0. The lowest BCUT2D eigenvalue weighted by molar-refractivity contribution is -0.121. The van der Waals surface area contributed by atoms with Crippen LogP contribution in [0.5, 0.6) is 5.75 Å². The Hall–Kier alpha value is -2.83. The van der Waals surface area contributed by atoms with Crippen molar-refractivity contribution in [2.24, 2.45) is 11.7 Å². The number of benzene rings is 1. The summed E-state index contributed by atoms with van der Waals surface area (Å²) in [5, 5.41) is 0. The minimum absolute atomic E-state index is 0.0120. The largest absolute Gasteiger partial charge is 0.483 e. The summed E-state index contributed by atoms with van der Waals surface area (Å²) in [7, 11) is 0. The molecule has 0 bridgehead atoms. The van der Waals surface area contributed by atoms with E-state index in [1.807, 2.05) is 0 Å². The third kappa shape index (κ3) is 3.40. The Bertz CT molecular complexity index is 759. The maximum absolute atomic E-state index is 13.5. The van der Waals surface area contributed by atoms with Crippen molar-refractivity contribution < 1.29 is 23.1 Å². The van der Waals surface area contributed by atoms with Crippen LogP contribution < -0.4 is 10.5 Å². The second-order valence-corrected chi connectivity index (χ2v) is 5.62. The number of likely N-dealkylation sites (tertiary alicyclic amines) is 1. The Labute approximate surface area is 138 Å². The molecule has 7 heteroatoms. The van der Waals surface area contributed by atoms with E-state index < -0.39 is 11.7 Å². The van der Waals surface area contributed by atoms with Gasteiger partial charge in [0.15, 0.2) is 17.3 Å². The molecule has 1 aliphatic heterocycles. The number of nitrogens with zero attached hydrogens (tertiary/aromatic N) is 1. The first-order chi connectivity index (χ1) is 11.5. The Balaban J connectivity index is 1.60. The van der Waals surface area contributed by atoms with Crippen LogP contribution in [-0.2, 0) is 11.4 Å². The predicted octanol–water partition coefficient (Wildman–Crippen LogP) is 1.95. The van der Waals surface area contributed by atoms with Gasteiger partial charge in [0, 0.05) is 13.1 Å². The van der Waals surface area contributed by atoms with Crippen molar-refractivity contribution in [1.82, 2.24) is 4.90 Å². The van der Waals surface area contributed by atoms with Crippen LogP contribution in [0.2, 0.25) is 0 Å². The second kappa shape index (κ2) is 6.74. The first-order valence-corrected chi connectivity index (χ1v) is 7.59. The van der Waals surface area contributed by atoms with Crippen molar-refractivity contribution in [2.45, 2.75) is 13.0 Å². The van der Waals surface area contributed by atoms with Crippen molar-refractivity contribution in [3.8, 4) is 5.75 Å². The molecule has 1 atom stereocenters. The average molecular weight is 332 g/mol. The van der Waals surface area contributed by atoms with Crippen LogP contribution >= 0.6 is 0 Å². The number of hydrogen-bond acceptors (Lipinski definition) is 4. The van der Waals surface area contributed by atoms with Crippen molar-refractivity contribution in [3.05, 3.63) is 53.7 Å². The van der Waals surface area contributed by atoms with Crippen LogP contribution in [0.1, 0.15) is 22.7 Å². The minimum Gasteiger partial charge on any atom is -0.483 e. The molecule has 1 aliphatic rings. The number of furan rings is 1. The zero-order chi connectivity index (χ0) is 17.1. The molecule has 0 aliphatic carbocycles. The number of rotatable bonds is 5. The van der Waals surface area contributed by atoms with Gasteiger partial charge in [-0.1, -0.05) is 12.1 Å². The van der Waals surface area contributed by atoms with Crippen LogP contribution in [0.3, 0.4) is 0 Å². The highest BCUT2D eigenvalue weighted by Crippen LogP contribution is 2.21. The topological polar surface area (TPSA) is 85.8 Å². The van der Waals surface area contributed by atoms with Crippen molar-refractivity contribution in [2.75, 3.05) is 13.1 Å². The number of primary amides is 1. The van der Waals surface area contributed by atoms with Crippen LogP contribution in [0, 0.1) is 11.7 Å². The Morgan fingerprint density at radius 1 is 1.29 bits per heavy atom. The van der Waals surface area contributed by atoms with Gasteiger partial charge in [0.2, 0.25) is 5.91 Å². The molecule has 6 nitrogen and oxygen atoms in total. The average Bonchev–Trinajstić information content (AvgIpc) is 3.23. The van der Waals surface area contributed by atoms with E-state index in [9.17, 15) is 14.0 Å². The number of hydrogen-bond donors (Lipinski definition) is 1. The highest BCUT2D eigenvalue weighted by Gasteiger charge is 2.31. The van der Waals surface area contributed by atoms with Crippen LogP contribution in [0.25, 0.3) is 0 Å². The smallest absolute Gasteiger partial charge is 0.289 e. The van der Waals surface area contributed by atoms with Crippen LogP contribution in [-0.4, -0.2) is 29.8 Å². The quantitative estimate of drug-likeness (QED) is 0.907. The molecular formula is C17H17FN2O4. The first kappa shape index (κ1) is 16.0. The molecular weight excluding hydrogens is 315 g/mol. The zero-order valence-electron chi connectivity index (χ0n) is 12.9. The van der Waals surface area contributed by atoms with Gasteiger partial charge in [-0.25, -0.2) is 4.39 Å². The molecule has 1 saturated heterocycles. The molecule has 0 saturated carbocycles. The summed E-state index contributed by atoms with van der Waals surface area (Å²) < 4.78 is 24.3. The summed E-state index contributed by atoms with van der Waals surface area (Å²) in [6.45, 7) is 0.780. The summed E-state index contributed by atoms with van der Waals surface area (Å²) in [6.07, 6.45) is 0.561. The lowest BCUT2D eigenvalue weighted by Gasteiger charge is -2.13. The number of carbonyl (C=O) groups excluding carboxylic acids is 2. The molecule has 24 heavy (non-hydrogen) atoms. The molecule has 0 spiro atoms. The van der Waals surface area contributed by atoms with Crippen LogP contribution in [0.15, 0.2) is 40.8 Å². The summed E-state index contributed by atoms with van der Waals surface area (Å²) in [5.41, 5.74) is 5.26. The van der Waals surface area contributed by atoms with E-state index in [-0.39, 0.29) is 29.9 Å². The fraction of sp³-hybridized carbons (Fsp3) is 0.294. The fourth-order valence-electron chi connectivity index (χ4n) is 2.61. The molecule has 1 fully saturated rings. The molecule has 1 aromatic heterocycles. The lowest BCUT2D eigenvalue weighted by atomic mass is 10.1. The lowest BCUT2D eigenvalue weighted by Crippen LogP contribution is -2.31. The van der Waals surface area contributed by atoms with Gasteiger partial charge < -0.3 is 19.8 Å². The first-order valence-electron chi connectivity index (χ1n) is 7.59. The molecule has 1 unspecified atom stereocenters. The highest BCUT2D eigenvalue weighted by molar-refractivity contribution is 5.92. The fourth-order valence-corrected chi connectivity index (χ4v) is 2.61. The van der Waals surface area contributed by atoms with E-state index in [2.05, 4.69) is 0 Å². The van der Waals surface area contributed by atoms with Gasteiger partial charge in [0.05, 0.1) is 5.92 Å². The van der Waals surface area contributed by atoms with Crippen molar-refractivity contribution >= 4 is 11.8 Å². The molecule has 3 rings (SSSR count).